The van der Waals surface area contributed by atoms with Gasteiger partial charge in [-0.15, -0.1) is 0 Å². The van der Waals surface area contributed by atoms with E-state index in [0.717, 1.165) is 10.0 Å². The Kier molecular flexibility index (Phi) is 7.43. The first-order valence-corrected chi connectivity index (χ1v) is 8.94. The van der Waals surface area contributed by atoms with Crippen molar-refractivity contribution < 1.29 is 19.1 Å². The molecule has 1 N–H and O–H groups in total. The molecule has 0 saturated heterocycles. The molecule has 0 heterocycles. The molecule has 0 bridgehead atoms. The van der Waals surface area contributed by atoms with E-state index in [-0.39, 0.29) is 18.4 Å². The van der Waals surface area contributed by atoms with E-state index in [2.05, 4.69) is 21.2 Å². The minimum absolute atomic E-state index is 0.0318. The molecule has 2 aromatic rings. The van der Waals surface area contributed by atoms with Crippen molar-refractivity contribution >= 4 is 39.5 Å². The summed E-state index contributed by atoms with van der Waals surface area (Å²) in [5.41, 5.74) is 1.41. The number of methoxy groups -OCH3 is 1. The van der Waals surface area contributed by atoms with Crippen molar-refractivity contribution in [2.45, 2.75) is 0 Å². The molecule has 0 radical (unpaired) electrons. The number of benzene rings is 2. The maximum atomic E-state index is 12.1. The van der Waals surface area contributed by atoms with Gasteiger partial charge >= 0.3 is 0 Å². The second-order valence-corrected chi connectivity index (χ2v) is 6.73. The smallest absolute Gasteiger partial charge is 0.259 e. The fraction of sp³-hybridized carbons (Fsp3) is 0.200. The molecular weight excluding hydrogens is 412 g/mol. The number of rotatable bonds is 7. The third-order valence-electron chi connectivity index (χ3n) is 3.59. The van der Waals surface area contributed by atoms with Gasteiger partial charge in [-0.05, 0) is 48.5 Å². The van der Waals surface area contributed by atoms with Gasteiger partial charge in [-0.2, -0.15) is 0 Å². The Morgan fingerprint density at radius 3 is 2.48 bits per heavy atom. The normalized spacial score (nSPS) is 10.5. The van der Waals surface area contributed by atoms with E-state index in [1.165, 1.54) is 11.0 Å². The third kappa shape index (κ3) is 6.45. The van der Waals surface area contributed by atoms with Crippen LogP contribution in [-0.4, -0.2) is 44.5 Å². The zero-order valence-corrected chi connectivity index (χ0v) is 16.9. The van der Waals surface area contributed by atoms with E-state index in [4.69, 9.17) is 9.47 Å². The van der Waals surface area contributed by atoms with Crippen LogP contribution in [0.15, 0.2) is 53.0 Å². The number of hydrogen-bond acceptors (Lipinski definition) is 4. The lowest BCUT2D eigenvalue weighted by molar-refractivity contribution is -0.130. The van der Waals surface area contributed by atoms with Crippen LogP contribution in [0.3, 0.4) is 0 Å². The summed E-state index contributed by atoms with van der Waals surface area (Å²) in [6, 6.07) is 12.4. The molecule has 0 aliphatic heterocycles. The number of nitrogens with one attached hydrogen (secondary N) is 1. The Morgan fingerprint density at radius 1 is 1.15 bits per heavy atom. The van der Waals surface area contributed by atoms with Gasteiger partial charge in [-0.25, -0.2) is 0 Å². The Hall–Kier alpha value is -2.80. The SMILES string of the molecule is COc1ccc(Br)cc1/C=C/C(=O)Nc1ccc(OCC(=O)N(C)C)cc1. The zero-order chi connectivity index (χ0) is 19.8. The van der Waals surface area contributed by atoms with Crippen molar-refractivity contribution in [2.24, 2.45) is 0 Å². The standard InChI is InChI=1S/C20H21BrN2O4/c1-23(2)20(25)13-27-17-8-6-16(7-9-17)22-19(24)11-4-14-12-15(21)5-10-18(14)26-3/h4-12H,13H2,1-3H3,(H,22,24)/b11-4+. The van der Waals surface area contributed by atoms with Crippen LogP contribution in [0.25, 0.3) is 6.08 Å². The fourth-order valence-electron chi connectivity index (χ4n) is 2.09. The summed E-state index contributed by atoms with van der Waals surface area (Å²) in [5, 5.41) is 2.77. The topological polar surface area (TPSA) is 67.9 Å². The van der Waals surface area contributed by atoms with Gasteiger partial charge in [0.15, 0.2) is 6.61 Å². The molecule has 2 amide bonds. The van der Waals surface area contributed by atoms with Crippen molar-refractivity contribution in [3.8, 4) is 11.5 Å². The van der Waals surface area contributed by atoms with Crippen LogP contribution < -0.4 is 14.8 Å². The fourth-order valence-corrected chi connectivity index (χ4v) is 2.47. The summed E-state index contributed by atoms with van der Waals surface area (Å²) in [5.74, 6) is 0.836. The van der Waals surface area contributed by atoms with Crippen LogP contribution in [0.1, 0.15) is 5.56 Å². The molecule has 0 aromatic heterocycles. The van der Waals surface area contributed by atoms with Crippen LogP contribution in [0, 0.1) is 0 Å². The van der Waals surface area contributed by atoms with Crippen molar-refractivity contribution in [1.29, 1.82) is 0 Å². The maximum absolute atomic E-state index is 12.1. The molecule has 27 heavy (non-hydrogen) atoms. The zero-order valence-electron chi connectivity index (χ0n) is 15.4. The van der Waals surface area contributed by atoms with E-state index >= 15 is 0 Å². The summed E-state index contributed by atoms with van der Waals surface area (Å²) in [4.78, 5) is 25.1. The summed E-state index contributed by atoms with van der Waals surface area (Å²) in [7, 11) is 4.92. The number of amides is 2. The summed E-state index contributed by atoms with van der Waals surface area (Å²) >= 11 is 3.40. The monoisotopic (exact) mass is 432 g/mol. The highest BCUT2D eigenvalue weighted by Gasteiger charge is 2.06. The van der Waals surface area contributed by atoms with Gasteiger partial charge in [0.25, 0.3) is 5.91 Å². The van der Waals surface area contributed by atoms with Gasteiger partial charge in [0, 0.05) is 35.9 Å². The number of hydrogen-bond donors (Lipinski definition) is 1. The largest absolute Gasteiger partial charge is 0.496 e. The van der Waals surface area contributed by atoms with E-state index < -0.39 is 0 Å². The van der Waals surface area contributed by atoms with Gasteiger partial charge < -0.3 is 19.7 Å². The Bertz CT molecular complexity index is 832. The molecule has 6 nitrogen and oxygen atoms in total. The highest BCUT2D eigenvalue weighted by atomic mass is 79.9. The highest BCUT2D eigenvalue weighted by molar-refractivity contribution is 9.10. The highest BCUT2D eigenvalue weighted by Crippen LogP contribution is 2.24. The average molecular weight is 433 g/mol. The van der Waals surface area contributed by atoms with Crippen LogP contribution in [0.5, 0.6) is 11.5 Å². The minimum atomic E-state index is -0.270. The molecular formula is C20H21BrN2O4. The summed E-state index contributed by atoms with van der Waals surface area (Å²) in [6.07, 6.45) is 3.12. The Balaban J connectivity index is 1.94. The summed E-state index contributed by atoms with van der Waals surface area (Å²) < 4.78 is 11.6. The van der Waals surface area contributed by atoms with E-state index in [1.807, 2.05) is 18.2 Å². The molecule has 0 saturated carbocycles. The van der Waals surface area contributed by atoms with Crippen LogP contribution in [0.2, 0.25) is 0 Å². The molecule has 0 aliphatic rings. The molecule has 142 valence electrons. The minimum Gasteiger partial charge on any atom is -0.496 e. The van der Waals surface area contributed by atoms with Gasteiger partial charge in [0.2, 0.25) is 5.91 Å². The quantitative estimate of drug-likeness (QED) is 0.678. The first kappa shape index (κ1) is 20.5. The first-order valence-electron chi connectivity index (χ1n) is 8.14. The number of carbonyl (C=O) groups is 2. The second kappa shape index (κ2) is 9.78. The van der Waals surface area contributed by atoms with Gasteiger partial charge in [0.1, 0.15) is 11.5 Å². The predicted molar refractivity (Wildman–Crippen MR) is 109 cm³/mol. The third-order valence-corrected chi connectivity index (χ3v) is 4.08. The van der Waals surface area contributed by atoms with Crippen molar-refractivity contribution in [2.75, 3.05) is 33.1 Å². The van der Waals surface area contributed by atoms with E-state index in [9.17, 15) is 9.59 Å². The number of ether oxygens (including phenoxy) is 2. The van der Waals surface area contributed by atoms with Crippen LogP contribution >= 0.6 is 15.9 Å². The number of likely N-dealkylation sites (N-methyl/N-ethyl adjacent to an activating group) is 1. The molecule has 0 fully saturated rings. The second-order valence-electron chi connectivity index (χ2n) is 5.81. The van der Waals surface area contributed by atoms with Gasteiger partial charge in [-0.1, -0.05) is 15.9 Å². The number of carbonyl (C=O) groups excluding carboxylic acids is 2. The van der Waals surface area contributed by atoms with Gasteiger partial charge in [0.05, 0.1) is 7.11 Å². The molecule has 0 atom stereocenters. The Morgan fingerprint density at radius 2 is 1.85 bits per heavy atom. The molecule has 2 rings (SSSR count). The molecule has 0 unspecified atom stereocenters. The van der Waals surface area contributed by atoms with E-state index in [0.29, 0.717) is 17.2 Å². The maximum Gasteiger partial charge on any atom is 0.259 e. The molecule has 0 aliphatic carbocycles. The van der Waals surface area contributed by atoms with Gasteiger partial charge in [-0.3, -0.25) is 9.59 Å². The lowest BCUT2D eigenvalue weighted by atomic mass is 10.2. The molecule has 7 heteroatoms. The van der Waals surface area contributed by atoms with Crippen LogP contribution in [-0.2, 0) is 9.59 Å². The summed E-state index contributed by atoms with van der Waals surface area (Å²) in [6.45, 7) is -0.0318. The number of nitrogens with zero attached hydrogens (tertiary/aromatic N) is 1. The van der Waals surface area contributed by atoms with Crippen molar-refractivity contribution in [3.63, 3.8) is 0 Å². The molecule has 2 aromatic carbocycles. The lowest BCUT2D eigenvalue weighted by Gasteiger charge is -2.11. The first-order chi connectivity index (χ1) is 12.9. The Labute approximate surface area is 166 Å². The lowest BCUT2D eigenvalue weighted by Crippen LogP contribution is -2.27. The number of halogens is 1. The average Bonchev–Trinajstić information content (AvgIpc) is 2.65. The van der Waals surface area contributed by atoms with Crippen molar-refractivity contribution in [3.05, 3.63) is 58.6 Å². The van der Waals surface area contributed by atoms with E-state index in [1.54, 1.807) is 51.5 Å². The van der Waals surface area contributed by atoms with Crippen LogP contribution in [0.4, 0.5) is 5.69 Å². The predicted octanol–water partition coefficient (Wildman–Crippen LogP) is 3.58. The van der Waals surface area contributed by atoms with Crippen molar-refractivity contribution in [1.82, 2.24) is 4.90 Å². The number of anilines is 1. The molecule has 0 spiro atoms.